The topological polar surface area (TPSA) is 119 Å². The fraction of sp³-hybridized carbons (Fsp3) is 0.261. The summed E-state index contributed by atoms with van der Waals surface area (Å²) in [5, 5.41) is 44.6. The second-order valence-corrected chi connectivity index (χ2v) is 7.39. The minimum atomic E-state index is -1.48. The van der Waals surface area contributed by atoms with E-state index in [1.807, 2.05) is 42.5 Å². The molecule has 1 fully saturated rings. The molecule has 0 spiro atoms. The molecule has 1 heterocycles. The zero-order valence-corrected chi connectivity index (χ0v) is 16.1. The van der Waals surface area contributed by atoms with Crippen molar-refractivity contribution in [2.45, 2.75) is 30.5 Å². The molecule has 5 atom stereocenters. The first-order valence-electron chi connectivity index (χ1n) is 9.68. The number of anilines is 1. The van der Waals surface area contributed by atoms with Crippen molar-refractivity contribution in [2.75, 3.05) is 11.9 Å². The van der Waals surface area contributed by atoms with Gasteiger partial charge in [-0.2, -0.15) is 0 Å². The molecule has 30 heavy (non-hydrogen) atoms. The van der Waals surface area contributed by atoms with Gasteiger partial charge < -0.3 is 30.5 Å². The highest BCUT2D eigenvalue weighted by Crippen LogP contribution is 2.32. The van der Waals surface area contributed by atoms with E-state index in [4.69, 9.17) is 4.74 Å². The fourth-order valence-electron chi connectivity index (χ4n) is 3.70. The van der Waals surface area contributed by atoms with Gasteiger partial charge in [0.1, 0.15) is 30.5 Å². The van der Waals surface area contributed by atoms with Crippen LogP contribution in [0, 0.1) is 0 Å². The SMILES string of the molecule is O=C(Nc1ccc2ccccc2c1)c1cccc(C2OC(CO)C(O)C(O)C2O)c1. The molecule has 7 heteroatoms. The van der Waals surface area contributed by atoms with Gasteiger partial charge in [0.25, 0.3) is 5.91 Å². The lowest BCUT2D eigenvalue weighted by Gasteiger charge is -2.40. The first kappa shape index (κ1) is 20.5. The molecule has 0 aromatic heterocycles. The van der Waals surface area contributed by atoms with Crippen molar-refractivity contribution in [1.29, 1.82) is 0 Å². The molecule has 0 radical (unpaired) electrons. The normalized spacial score (nSPS) is 26.5. The van der Waals surface area contributed by atoms with E-state index in [9.17, 15) is 25.2 Å². The Labute approximate surface area is 173 Å². The standard InChI is InChI=1S/C23H23NO6/c25-12-18-19(26)20(27)21(28)22(30-18)15-6-3-7-16(10-15)23(29)24-17-9-8-13-4-1-2-5-14(13)11-17/h1-11,18-22,25-28H,12H2,(H,24,29). The van der Waals surface area contributed by atoms with Crippen molar-refractivity contribution in [3.8, 4) is 0 Å². The van der Waals surface area contributed by atoms with Crippen molar-refractivity contribution >= 4 is 22.4 Å². The van der Waals surface area contributed by atoms with Crippen molar-refractivity contribution in [1.82, 2.24) is 0 Å². The molecule has 5 unspecified atom stereocenters. The number of fused-ring (bicyclic) bond motifs is 1. The third-order valence-corrected chi connectivity index (χ3v) is 5.38. The largest absolute Gasteiger partial charge is 0.394 e. The number of hydrogen-bond donors (Lipinski definition) is 5. The van der Waals surface area contributed by atoms with Gasteiger partial charge in [0, 0.05) is 11.3 Å². The Kier molecular flexibility index (Phi) is 5.80. The Balaban J connectivity index is 1.55. The van der Waals surface area contributed by atoms with Crippen LogP contribution >= 0.6 is 0 Å². The molecule has 1 aliphatic heterocycles. The van der Waals surface area contributed by atoms with E-state index in [2.05, 4.69) is 5.32 Å². The maximum atomic E-state index is 12.8. The van der Waals surface area contributed by atoms with Crippen molar-refractivity contribution in [2.24, 2.45) is 0 Å². The highest BCUT2D eigenvalue weighted by Gasteiger charge is 2.44. The lowest BCUT2D eigenvalue weighted by Crippen LogP contribution is -2.55. The van der Waals surface area contributed by atoms with Crippen molar-refractivity contribution < 1.29 is 30.0 Å². The fourth-order valence-corrected chi connectivity index (χ4v) is 3.70. The minimum absolute atomic E-state index is 0.336. The van der Waals surface area contributed by atoms with Gasteiger partial charge in [-0.1, -0.05) is 42.5 Å². The molecule has 4 rings (SSSR count). The first-order valence-corrected chi connectivity index (χ1v) is 9.68. The van der Waals surface area contributed by atoms with Gasteiger partial charge in [-0.05, 0) is 40.6 Å². The third-order valence-electron chi connectivity index (χ3n) is 5.38. The van der Waals surface area contributed by atoms with Crippen LogP contribution < -0.4 is 5.32 Å². The summed E-state index contributed by atoms with van der Waals surface area (Å²) < 4.78 is 5.58. The predicted octanol–water partition coefficient (Wildman–Crippen LogP) is 1.61. The van der Waals surface area contributed by atoms with E-state index < -0.39 is 37.1 Å². The quantitative estimate of drug-likeness (QED) is 0.447. The van der Waals surface area contributed by atoms with Crippen LogP contribution in [0.1, 0.15) is 22.0 Å². The van der Waals surface area contributed by atoms with Gasteiger partial charge in [-0.25, -0.2) is 0 Å². The molecule has 1 saturated heterocycles. The minimum Gasteiger partial charge on any atom is -0.394 e. The zero-order valence-electron chi connectivity index (χ0n) is 16.1. The third kappa shape index (κ3) is 3.94. The van der Waals surface area contributed by atoms with Crippen LogP contribution in [0.5, 0.6) is 0 Å². The number of carbonyl (C=O) groups excluding carboxylic acids is 1. The predicted molar refractivity (Wildman–Crippen MR) is 111 cm³/mol. The summed E-state index contributed by atoms with van der Waals surface area (Å²) in [4.78, 5) is 12.8. The van der Waals surface area contributed by atoms with Crippen molar-refractivity contribution in [3.05, 3.63) is 77.9 Å². The number of amides is 1. The number of aliphatic hydroxyl groups excluding tert-OH is 4. The summed E-state index contributed by atoms with van der Waals surface area (Å²) in [5.74, 6) is -0.336. The van der Waals surface area contributed by atoms with E-state index in [-0.39, 0.29) is 5.91 Å². The molecule has 156 valence electrons. The van der Waals surface area contributed by atoms with Crippen LogP contribution in [0.4, 0.5) is 5.69 Å². The smallest absolute Gasteiger partial charge is 0.255 e. The summed E-state index contributed by atoms with van der Waals surface area (Å²) in [6.45, 7) is -0.510. The number of aliphatic hydroxyl groups is 4. The Morgan fingerprint density at radius 2 is 1.63 bits per heavy atom. The van der Waals surface area contributed by atoms with Crippen LogP contribution in [-0.2, 0) is 4.74 Å². The van der Waals surface area contributed by atoms with Crippen LogP contribution in [-0.4, -0.2) is 57.4 Å². The molecule has 0 aliphatic carbocycles. The molecular formula is C23H23NO6. The number of hydrogen-bond acceptors (Lipinski definition) is 6. The summed E-state index contributed by atoms with van der Waals surface area (Å²) in [6.07, 6.45) is -6.31. The second kappa shape index (κ2) is 8.51. The molecule has 0 bridgehead atoms. The monoisotopic (exact) mass is 409 g/mol. The maximum Gasteiger partial charge on any atom is 0.255 e. The Morgan fingerprint density at radius 1 is 0.867 bits per heavy atom. The van der Waals surface area contributed by atoms with Gasteiger partial charge in [0.2, 0.25) is 0 Å². The summed E-state index contributed by atoms with van der Waals surface area (Å²) in [5.41, 5.74) is 1.45. The number of carbonyl (C=O) groups is 1. The van der Waals surface area contributed by atoms with Crippen LogP contribution in [0.3, 0.4) is 0 Å². The Morgan fingerprint density at radius 3 is 2.40 bits per heavy atom. The summed E-state index contributed by atoms with van der Waals surface area (Å²) in [6, 6.07) is 19.9. The lowest BCUT2D eigenvalue weighted by molar-refractivity contribution is -0.231. The maximum absolute atomic E-state index is 12.8. The van der Waals surface area contributed by atoms with Gasteiger partial charge in [0.05, 0.1) is 6.61 Å². The second-order valence-electron chi connectivity index (χ2n) is 7.39. The first-order chi connectivity index (χ1) is 14.5. The number of benzene rings is 3. The van der Waals surface area contributed by atoms with Crippen LogP contribution in [0.15, 0.2) is 66.7 Å². The van der Waals surface area contributed by atoms with Crippen molar-refractivity contribution in [3.63, 3.8) is 0 Å². The Hall–Kier alpha value is -2.81. The molecule has 7 nitrogen and oxygen atoms in total. The number of rotatable bonds is 4. The highest BCUT2D eigenvalue weighted by molar-refractivity contribution is 6.05. The zero-order chi connectivity index (χ0) is 21.3. The van der Waals surface area contributed by atoms with E-state index >= 15 is 0 Å². The molecular weight excluding hydrogens is 386 g/mol. The Bertz CT molecular complexity index is 1050. The van der Waals surface area contributed by atoms with Gasteiger partial charge >= 0.3 is 0 Å². The summed E-state index contributed by atoms with van der Waals surface area (Å²) in [7, 11) is 0. The van der Waals surface area contributed by atoms with E-state index in [0.717, 1.165) is 10.8 Å². The average molecular weight is 409 g/mol. The lowest BCUT2D eigenvalue weighted by atomic mass is 9.90. The van der Waals surface area contributed by atoms with Gasteiger partial charge in [-0.3, -0.25) is 4.79 Å². The number of ether oxygens (including phenoxy) is 1. The highest BCUT2D eigenvalue weighted by atomic mass is 16.5. The molecule has 3 aromatic rings. The van der Waals surface area contributed by atoms with E-state index in [1.165, 1.54) is 0 Å². The van der Waals surface area contributed by atoms with E-state index in [0.29, 0.717) is 16.8 Å². The van der Waals surface area contributed by atoms with Crippen LogP contribution in [0.2, 0.25) is 0 Å². The molecule has 0 saturated carbocycles. The summed E-state index contributed by atoms with van der Waals surface area (Å²) >= 11 is 0. The molecule has 1 amide bonds. The molecule has 5 N–H and O–H groups in total. The van der Waals surface area contributed by atoms with E-state index in [1.54, 1.807) is 24.3 Å². The number of nitrogens with one attached hydrogen (secondary N) is 1. The molecule has 1 aliphatic rings. The van der Waals surface area contributed by atoms with Gasteiger partial charge in [0.15, 0.2) is 0 Å². The molecule has 3 aromatic carbocycles. The van der Waals surface area contributed by atoms with Crippen LogP contribution in [0.25, 0.3) is 10.8 Å². The van der Waals surface area contributed by atoms with Gasteiger partial charge in [-0.15, -0.1) is 0 Å². The average Bonchev–Trinajstić information content (AvgIpc) is 2.78.